The lowest BCUT2D eigenvalue weighted by Gasteiger charge is -2.14. The van der Waals surface area contributed by atoms with E-state index in [4.69, 9.17) is 30.2 Å². The first-order valence-corrected chi connectivity index (χ1v) is 23.7. The normalized spacial score (nSPS) is 11.0. The number of nitro groups is 1. The molecule has 0 radical (unpaired) electrons. The zero-order valence-electron chi connectivity index (χ0n) is 41.2. The summed E-state index contributed by atoms with van der Waals surface area (Å²) in [6.45, 7) is 17.6. The number of hydrogen-bond donors (Lipinski definition) is 3. The Morgan fingerprint density at radius 3 is 1.37 bits per heavy atom. The van der Waals surface area contributed by atoms with Crippen molar-refractivity contribution in [2.24, 2.45) is 41.2 Å². The Morgan fingerprint density at radius 2 is 1.04 bits per heavy atom. The van der Waals surface area contributed by atoms with Crippen LogP contribution in [0.15, 0.2) is 103 Å². The van der Waals surface area contributed by atoms with Crippen LogP contribution in [0.25, 0.3) is 0 Å². The number of rotatable bonds is 23. The van der Waals surface area contributed by atoms with Crippen molar-refractivity contribution in [1.29, 1.82) is 0 Å². The number of aliphatic carboxylic acids is 1. The lowest BCUT2D eigenvalue weighted by atomic mass is 9.94. The number of allylic oxidation sites excluding steroid dienone is 1. The molecule has 0 saturated carbocycles. The predicted molar refractivity (Wildman–Crippen MR) is 268 cm³/mol. The topological polar surface area (TPSA) is 223 Å². The van der Waals surface area contributed by atoms with E-state index >= 15 is 0 Å². The smallest absolute Gasteiger partial charge is 0.330 e. The van der Waals surface area contributed by atoms with E-state index < -0.39 is 5.97 Å². The zero-order valence-corrected chi connectivity index (χ0v) is 42.8. The van der Waals surface area contributed by atoms with Gasteiger partial charge in [-0.05, 0) is 72.1 Å². The first kappa shape index (κ1) is 66.0. The molecule has 14 nitrogen and oxygen atoms in total. The van der Waals surface area contributed by atoms with Crippen LogP contribution >= 0.6 is 15.9 Å². The third-order valence-corrected chi connectivity index (χ3v) is 8.97. The van der Waals surface area contributed by atoms with E-state index in [1.54, 1.807) is 0 Å². The van der Waals surface area contributed by atoms with Crippen LogP contribution in [0.1, 0.15) is 111 Å². The molecule has 0 aromatic heterocycles. The lowest BCUT2D eigenvalue weighted by Crippen LogP contribution is -2.21. The van der Waals surface area contributed by atoms with Crippen LogP contribution < -0.4 is 5.73 Å². The molecule has 2 atom stereocenters. The van der Waals surface area contributed by atoms with Gasteiger partial charge in [0.2, 0.25) is 6.54 Å². The summed E-state index contributed by atoms with van der Waals surface area (Å²) < 4.78 is 15.1. The zero-order chi connectivity index (χ0) is 51.4. The molecule has 15 heteroatoms. The standard InChI is InChI=1S/C15H21NO4.C14H18O2.C9H9BrO2.C8H17NO2.C5H10O.CH4O/c1-12(2)8-14(10-16(18)19)9-15(17)20-11-13-6-4-3-5-7-13;1-12(2)7-6-10-14(15)16-11-13-8-4-3-5-9-13;10-6-9(11)12-7-8-4-2-1-3-5-8;1-6(2)3-7(5-9)4-8(10)11;1-5(2)3-4-6;1-2/h3-7,12,14H,8-11H2,1-2H3;3-6,8-10,12H,7,11H2,1-2H3;1-5H,6-7H2;6-7H,3-5,9H2,1-2H3,(H,10,11);4-5H,3H2,1-2H3;2H,1H3/b;10-6+;;;;. The largest absolute Gasteiger partial charge is 0.481 e. The maximum atomic E-state index is 11.7. The maximum absolute atomic E-state index is 11.7. The number of benzene rings is 3. The second-order valence-electron chi connectivity index (χ2n) is 16.9. The number of hydrogen-bond acceptors (Lipinski definition) is 12. The molecule has 0 bridgehead atoms. The highest BCUT2D eigenvalue weighted by Gasteiger charge is 2.21. The van der Waals surface area contributed by atoms with Gasteiger partial charge < -0.3 is 35.0 Å². The summed E-state index contributed by atoms with van der Waals surface area (Å²) in [5.74, 6) is 0.206. The molecule has 4 N–H and O–H groups in total. The minimum absolute atomic E-state index is 0.103. The van der Waals surface area contributed by atoms with Crippen molar-refractivity contribution in [3.8, 4) is 0 Å². The number of carbonyl (C=O) groups excluding carboxylic acids is 4. The molecule has 0 amide bonds. The van der Waals surface area contributed by atoms with Gasteiger partial charge in [-0.25, -0.2) is 4.79 Å². The summed E-state index contributed by atoms with van der Waals surface area (Å²) in [6.07, 6.45) is 7.77. The second kappa shape index (κ2) is 44.6. The number of nitrogens with two attached hydrogens (primary N) is 1. The summed E-state index contributed by atoms with van der Waals surface area (Å²) in [7, 11) is 1.00. The lowest BCUT2D eigenvalue weighted by molar-refractivity contribution is -0.488. The fourth-order valence-corrected chi connectivity index (χ4v) is 5.65. The third-order valence-electron chi connectivity index (χ3n) is 8.52. The van der Waals surface area contributed by atoms with E-state index in [-0.39, 0.29) is 66.0 Å². The number of carbonyl (C=O) groups is 5. The number of aliphatic hydroxyl groups excluding tert-OH is 1. The van der Waals surface area contributed by atoms with Gasteiger partial charge in [0, 0.05) is 36.9 Å². The summed E-state index contributed by atoms with van der Waals surface area (Å²) >= 11 is 3.01. The number of esters is 3. The molecule has 3 aromatic carbocycles. The van der Waals surface area contributed by atoms with Crippen molar-refractivity contribution >= 4 is 46.1 Å². The number of carboxylic acid groups (broad SMARTS) is 1. The number of carboxylic acids is 1. The van der Waals surface area contributed by atoms with Crippen LogP contribution in [0, 0.1) is 45.6 Å². The van der Waals surface area contributed by atoms with Gasteiger partial charge in [-0.2, -0.15) is 0 Å². The van der Waals surface area contributed by atoms with Gasteiger partial charge in [-0.15, -0.1) is 0 Å². The predicted octanol–water partition coefficient (Wildman–Crippen LogP) is 10.4. The molecule has 3 rings (SSSR count). The summed E-state index contributed by atoms with van der Waals surface area (Å²) in [5, 5.41) is 26.3. The van der Waals surface area contributed by atoms with Crippen molar-refractivity contribution in [3.05, 3.63) is 130 Å². The van der Waals surface area contributed by atoms with E-state index in [0.717, 1.165) is 42.9 Å². The van der Waals surface area contributed by atoms with Crippen molar-refractivity contribution in [2.45, 2.75) is 114 Å². The third kappa shape index (κ3) is 47.1. The monoisotopic (exact) mass is 1000 g/mol. The molecule has 376 valence electrons. The Labute approximate surface area is 408 Å². The number of nitrogens with zero attached hydrogens (tertiary/aromatic N) is 1. The highest BCUT2D eigenvalue weighted by atomic mass is 79.9. The maximum Gasteiger partial charge on any atom is 0.330 e. The molecule has 0 saturated heterocycles. The second-order valence-corrected chi connectivity index (χ2v) is 17.5. The van der Waals surface area contributed by atoms with E-state index in [0.29, 0.717) is 56.3 Å². The van der Waals surface area contributed by atoms with Gasteiger partial charge in [0.1, 0.15) is 31.4 Å². The molecular weight excluding hydrogens is 924 g/mol. The molecule has 0 spiro atoms. The molecule has 0 heterocycles. The van der Waals surface area contributed by atoms with Crippen LogP contribution in [0.2, 0.25) is 0 Å². The van der Waals surface area contributed by atoms with Gasteiger partial charge in [0.25, 0.3) is 0 Å². The summed E-state index contributed by atoms with van der Waals surface area (Å²) in [6, 6.07) is 28.6. The van der Waals surface area contributed by atoms with E-state index in [1.165, 1.54) is 6.08 Å². The van der Waals surface area contributed by atoms with Gasteiger partial charge >= 0.3 is 23.9 Å². The Hall–Kier alpha value is -5.25. The molecule has 0 aliphatic heterocycles. The van der Waals surface area contributed by atoms with Crippen LogP contribution in [0.4, 0.5) is 0 Å². The quantitative estimate of drug-likeness (QED) is 0.0153. The minimum Gasteiger partial charge on any atom is -0.481 e. The van der Waals surface area contributed by atoms with Crippen LogP contribution in [0.5, 0.6) is 0 Å². The van der Waals surface area contributed by atoms with Gasteiger partial charge in [0.15, 0.2) is 0 Å². The highest BCUT2D eigenvalue weighted by Crippen LogP contribution is 2.17. The van der Waals surface area contributed by atoms with E-state index in [2.05, 4.69) is 43.6 Å². The molecule has 2 unspecified atom stereocenters. The van der Waals surface area contributed by atoms with Gasteiger partial charge in [0.05, 0.1) is 6.42 Å². The number of aliphatic hydroxyl groups is 1. The average molecular weight is 1000 g/mol. The fraction of sp³-hybridized carbons (Fsp3) is 0.519. The number of halogens is 1. The number of aldehydes is 1. The SMILES string of the molecule is CC(C)C/C=C/C(=O)OCc1ccccc1.CC(C)CC(CC(=O)OCc1ccccc1)C[N+](=O)[O-].CC(C)CC(CN)CC(=O)O.CC(C)CC=O.CO.O=C(CBr)OCc1ccccc1. The van der Waals surface area contributed by atoms with Crippen molar-refractivity contribution < 1.29 is 53.3 Å². The van der Waals surface area contributed by atoms with Crippen molar-refractivity contribution in [2.75, 3.05) is 25.5 Å². The minimum atomic E-state index is -0.749. The van der Waals surface area contributed by atoms with Gasteiger partial charge in [-0.1, -0.05) is 168 Å². The molecule has 3 aromatic rings. The van der Waals surface area contributed by atoms with Crippen molar-refractivity contribution in [1.82, 2.24) is 0 Å². The summed E-state index contributed by atoms with van der Waals surface area (Å²) in [5.41, 5.74) is 8.33. The summed E-state index contributed by atoms with van der Waals surface area (Å²) in [4.78, 5) is 63.9. The fourth-order valence-electron chi connectivity index (χ4n) is 5.49. The Morgan fingerprint density at radius 1 is 0.642 bits per heavy atom. The van der Waals surface area contributed by atoms with Crippen molar-refractivity contribution in [3.63, 3.8) is 0 Å². The molecular formula is C52H79BrN2O12. The average Bonchev–Trinajstić information content (AvgIpc) is 3.28. The molecule has 0 fully saturated rings. The van der Waals surface area contributed by atoms with Gasteiger partial charge in [-0.3, -0.25) is 24.5 Å². The molecule has 0 aliphatic carbocycles. The Bertz CT molecular complexity index is 1720. The molecule has 0 aliphatic rings. The van der Waals surface area contributed by atoms with Crippen LogP contribution in [0.3, 0.4) is 0 Å². The van der Waals surface area contributed by atoms with E-state index in [1.807, 2.05) is 125 Å². The van der Waals surface area contributed by atoms with Crippen LogP contribution in [-0.4, -0.2) is 70.8 Å². The Balaban J connectivity index is -0.000000789. The molecule has 67 heavy (non-hydrogen) atoms. The first-order valence-electron chi connectivity index (χ1n) is 22.6. The van der Waals surface area contributed by atoms with E-state index in [9.17, 15) is 34.1 Å². The number of alkyl halides is 1. The Kier molecular flexibility index (Phi) is 43.9. The first-order chi connectivity index (χ1) is 31.8. The highest BCUT2D eigenvalue weighted by molar-refractivity contribution is 9.09. The number of ether oxygens (including phenoxy) is 3. The van der Waals surface area contributed by atoms with Crippen LogP contribution in [-0.2, 0) is 58.0 Å².